The third-order valence-corrected chi connectivity index (χ3v) is 1.69. The predicted molar refractivity (Wildman–Crippen MR) is 47.7 cm³/mol. The van der Waals surface area contributed by atoms with Crippen molar-refractivity contribution in [1.82, 2.24) is 15.0 Å². The average Bonchev–Trinajstić information content (AvgIpc) is 2.42. The molecule has 0 aliphatic carbocycles. The molecule has 0 aliphatic heterocycles. The highest BCUT2D eigenvalue weighted by Crippen LogP contribution is 2.20. The van der Waals surface area contributed by atoms with E-state index in [1.165, 1.54) is 7.11 Å². The van der Waals surface area contributed by atoms with Crippen molar-refractivity contribution in [3.05, 3.63) is 16.6 Å². The molecule has 0 spiro atoms. The van der Waals surface area contributed by atoms with Gasteiger partial charge in [-0.3, -0.25) is 4.98 Å². The van der Waals surface area contributed by atoms with Gasteiger partial charge >= 0.3 is 5.69 Å². The lowest BCUT2D eigenvalue weighted by atomic mass is 10.4. The Bertz CT molecular complexity index is 499. The summed E-state index contributed by atoms with van der Waals surface area (Å²) >= 11 is 0. The van der Waals surface area contributed by atoms with Crippen LogP contribution >= 0.6 is 0 Å². The summed E-state index contributed by atoms with van der Waals surface area (Å²) in [5, 5.41) is 0. The maximum atomic E-state index is 10.9. The first-order valence-electron chi connectivity index (χ1n) is 3.63. The summed E-state index contributed by atoms with van der Waals surface area (Å²) in [4.78, 5) is 19.9. The minimum absolute atomic E-state index is 0.308. The molecule has 6 heteroatoms. The van der Waals surface area contributed by atoms with Crippen molar-refractivity contribution in [3.8, 4) is 5.88 Å². The molecule has 0 aromatic carbocycles. The van der Waals surface area contributed by atoms with Crippen LogP contribution < -0.4 is 16.2 Å². The summed E-state index contributed by atoms with van der Waals surface area (Å²) in [5.74, 6) is 0.308. The van der Waals surface area contributed by atoms with E-state index in [2.05, 4.69) is 15.0 Å². The monoisotopic (exact) mass is 180 g/mol. The van der Waals surface area contributed by atoms with E-state index < -0.39 is 0 Å². The Hall–Kier alpha value is -1.98. The van der Waals surface area contributed by atoms with Gasteiger partial charge in [-0.1, -0.05) is 0 Å². The first-order chi connectivity index (χ1) is 6.20. The summed E-state index contributed by atoms with van der Waals surface area (Å²) in [6.07, 6.45) is 0. The summed E-state index contributed by atoms with van der Waals surface area (Å²) in [7, 11) is 1.47. The molecule has 13 heavy (non-hydrogen) atoms. The molecule has 0 saturated carbocycles. The van der Waals surface area contributed by atoms with E-state index in [1.807, 2.05) is 0 Å². The molecule has 4 N–H and O–H groups in total. The summed E-state index contributed by atoms with van der Waals surface area (Å²) in [6.45, 7) is 0. The Morgan fingerprint density at radius 1 is 1.54 bits per heavy atom. The number of imidazole rings is 1. The summed E-state index contributed by atoms with van der Waals surface area (Å²) in [5.41, 5.74) is 6.68. The van der Waals surface area contributed by atoms with Crippen LogP contribution in [0.4, 0.5) is 5.69 Å². The molecule has 2 aromatic heterocycles. The molecule has 0 fully saturated rings. The van der Waals surface area contributed by atoms with Gasteiger partial charge in [-0.25, -0.2) is 4.79 Å². The molecular weight excluding hydrogens is 172 g/mol. The van der Waals surface area contributed by atoms with Gasteiger partial charge in [0.05, 0.1) is 18.3 Å². The number of aromatic nitrogens is 3. The van der Waals surface area contributed by atoms with Crippen molar-refractivity contribution in [1.29, 1.82) is 0 Å². The molecule has 0 atom stereocenters. The van der Waals surface area contributed by atoms with Crippen LogP contribution in [0.5, 0.6) is 5.88 Å². The maximum Gasteiger partial charge on any atom is 0.325 e. The third-order valence-electron chi connectivity index (χ3n) is 1.69. The van der Waals surface area contributed by atoms with Crippen molar-refractivity contribution in [2.24, 2.45) is 0 Å². The third kappa shape index (κ3) is 1.12. The lowest BCUT2D eigenvalue weighted by Gasteiger charge is -2.01. The van der Waals surface area contributed by atoms with Crippen LogP contribution in [0.15, 0.2) is 10.9 Å². The van der Waals surface area contributed by atoms with E-state index in [1.54, 1.807) is 6.07 Å². The minimum atomic E-state index is -0.310. The summed E-state index contributed by atoms with van der Waals surface area (Å²) in [6, 6.07) is 1.60. The van der Waals surface area contributed by atoms with Gasteiger partial charge in [0.25, 0.3) is 0 Å². The number of nitrogen functional groups attached to an aromatic ring is 1. The van der Waals surface area contributed by atoms with Crippen LogP contribution in [0.1, 0.15) is 0 Å². The van der Waals surface area contributed by atoms with Crippen LogP contribution in [0.2, 0.25) is 0 Å². The fourth-order valence-corrected chi connectivity index (χ4v) is 1.13. The Labute approximate surface area is 72.7 Å². The second kappa shape index (κ2) is 2.51. The number of methoxy groups -OCH3 is 1. The maximum absolute atomic E-state index is 10.9. The highest BCUT2D eigenvalue weighted by atomic mass is 16.5. The zero-order chi connectivity index (χ0) is 9.42. The number of fused-ring (bicyclic) bond motifs is 1. The van der Waals surface area contributed by atoms with Crippen molar-refractivity contribution >= 4 is 16.9 Å². The van der Waals surface area contributed by atoms with Gasteiger partial charge < -0.3 is 15.5 Å². The Kier molecular flexibility index (Phi) is 1.48. The molecule has 2 rings (SSSR count). The van der Waals surface area contributed by atoms with Gasteiger partial charge in [0.1, 0.15) is 0 Å². The summed E-state index contributed by atoms with van der Waals surface area (Å²) < 4.78 is 4.89. The molecule has 0 aliphatic rings. The van der Waals surface area contributed by atoms with E-state index in [4.69, 9.17) is 10.5 Å². The van der Waals surface area contributed by atoms with Gasteiger partial charge in [0, 0.05) is 0 Å². The van der Waals surface area contributed by atoms with Gasteiger partial charge in [0.15, 0.2) is 5.65 Å². The second-order valence-corrected chi connectivity index (χ2v) is 2.56. The number of nitrogens with zero attached hydrogens (tertiary/aromatic N) is 1. The van der Waals surface area contributed by atoms with Crippen LogP contribution in [0.3, 0.4) is 0 Å². The molecule has 6 nitrogen and oxygen atoms in total. The smallest absolute Gasteiger partial charge is 0.325 e. The minimum Gasteiger partial charge on any atom is -0.479 e. The van der Waals surface area contributed by atoms with E-state index in [0.717, 1.165) is 0 Å². The predicted octanol–water partition coefficient (Wildman–Crippen LogP) is -0.158. The van der Waals surface area contributed by atoms with Crippen LogP contribution in [-0.4, -0.2) is 22.1 Å². The molecule has 0 radical (unpaired) electrons. The molecule has 0 unspecified atom stereocenters. The molecule has 68 valence electrons. The number of nitrogens with two attached hydrogens (primary N) is 1. The number of pyridine rings is 1. The standard InChI is InChI=1S/C7H8N4O2/c1-13-6-3(8)2-4-5(10-6)11-7(12)9-4/h2H,8H2,1H3,(H2,9,10,11,12). The lowest BCUT2D eigenvalue weighted by Crippen LogP contribution is -1.99. The van der Waals surface area contributed by atoms with Crippen molar-refractivity contribution < 1.29 is 4.74 Å². The van der Waals surface area contributed by atoms with Crippen LogP contribution in [0.25, 0.3) is 11.2 Å². The molecular formula is C7H8N4O2. The lowest BCUT2D eigenvalue weighted by molar-refractivity contribution is 0.401. The fraction of sp³-hybridized carbons (Fsp3) is 0.143. The molecule has 0 saturated heterocycles. The molecule has 0 bridgehead atoms. The first-order valence-corrected chi connectivity index (χ1v) is 3.63. The van der Waals surface area contributed by atoms with Crippen molar-refractivity contribution in [2.75, 3.05) is 12.8 Å². The van der Waals surface area contributed by atoms with Crippen LogP contribution in [-0.2, 0) is 0 Å². The number of hydrogen-bond donors (Lipinski definition) is 3. The quantitative estimate of drug-likeness (QED) is 0.568. The first kappa shape index (κ1) is 7.66. The number of aromatic amines is 2. The van der Waals surface area contributed by atoms with Gasteiger partial charge in [-0.15, -0.1) is 0 Å². The SMILES string of the molecule is COc1nc2[nH]c(=O)[nH]c2cc1N. The van der Waals surface area contributed by atoms with Gasteiger partial charge in [-0.2, -0.15) is 4.98 Å². The zero-order valence-corrected chi connectivity index (χ0v) is 6.92. The molecule has 2 aromatic rings. The van der Waals surface area contributed by atoms with Crippen molar-refractivity contribution in [3.63, 3.8) is 0 Å². The largest absolute Gasteiger partial charge is 0.479 e. The van der Waals surface area contributed by atoms with E-state index >= 15 is 0 Å². The molecule has 2 heterocycles. The highest BCUT2D eigenvalue weighted by Gasteiger charge is 2.05. The van der Waals surface area contributed by atoms with Gasteiger partial charge in [-0.05, 0) is 6.07 Å². The zero-order valence-electron chi connectivity index (χ0n) is 6.92. The topological polar surface area (TPSA) is 96.8 Å². The Morgan fingerprint density at radius 2 is 2.31 bits per heavy atom. The fourth-order valence-electron chi connectivity index (χ4n) is 1.13. The number of rotatable bonds is 1. The Morgan fingerprint density at radius 3 is 3.00 bits per heavy atom. The Balaban J connectivity index is 2.80. The number of H-pyrrole nitrogens is 2. The normalized spacial score (nSPS) is 10.5. The van der Waals surface area contributed by atoms with Crippen molar-refractivity contribution in [2.45, 2.75) is 0 Å². The van der Waals surface area contributed by atoms with E-state index in [9.17, 15) is 4.79 Å². The number of hydrogen-bond acceptors (Lipinski definition) is 4. The number of anilines is 1. The number of nitrogens with one attached hydrogen (secondary N) is 2. The van der Waals surface area contributed by atoms with Crippen LogP contribution in [0, 0.1) is 0 Å². The highest BCUT2D eigenvalue weighted by molar-refractivity contribution is 5.76. The molecule has 0 amide bonds. The second-order valence-electron chi connectivity index (χ2n) is 2.56. The van der Waals surface area contributed by atoms with E-state index in [0.29, 0.717) is 22.7 Å². The average molecular weight is 180 g/mol. The van der Waals surface area contributed by atoms with E-state index in [-0.39, 0.29) is 5.69 Å². The van der Waals surface area contributed by atoms with Gasteiger partial charge in [0.2, 0.25) is 5.88 Å². The number of ether oxygens (including phenoxy) is 1.